The monoisotopic (exact) mass is 429 g/mol. The number of halogens is 3. The molecule has 0 amide bonds. The van der Waals surface area contributed by atoms with Gasteiger partial charge in [-0.05, 0) is 24.1 Å². The van der Waals surface area contributed by atoms with Crippen LogP contribution in [0.4, 0.5) is 0 Å². The van der Waals surface area contributed by atoms with E-state index in [0.29, 0.717) is 23.3 Å². The van der Waals surface area contributed by atoms with Crippen LogP contribution in [0.5, 0.6) is 0 Å². The Hall–Kier alpha value is -0.240. The molecule has 0 saturated heterocycles. The summed E-state index contributed by atoms with van der Waals surface area (Å²) in [6.07, 6.45) is 1.09. The van der Waals surface area contributed by atoms with Crippen LogP contribution < -0.4 is 10.6 Å². The Labute approximate surface area is 146 Å². The second-order valence-electron chi connectivity index (χ2n) is 4.23. The Kier molecular flexibility index (Phi) is 8.60. The fourth-order valence-electron chi connectivity index (χ4n) is 1.71. The fourth-order valence-corrected chi connectivity index (χ4v) is 2.18. The highest BCUT2D eigenvalue weighted by molar-refractivity contribution is 14.0. The van der Waals surface area contributed by atoms with E-state index >= 15 is 0 Å². The van der Waals surface area contributed by atoms with Crippen molar-refractivity contribution in [3.8, 4) is 0 Å². The molecule has 0 aliphatic carbocycles. The molecule has 7 heteroatoms. The first-order valence-corrected chi connectivity index (χ1v) is 7.05. The highest BCUT2D eigenvalue weighted by atomic mass is 127. The Morgan fingerprint density at radius 1 is 1.35 bits per heavy atom. The Morgan fingerprint density at radius 2 is 2.20 bits per heavy atom. The molecule has 112 valence electrons. The molecule has 0 spiro atoms. The summed E-state index contributed by atoms with van der Waals surface area (Å²) in [7, 11) is 0. The van der Waals surface area contributed by atoms with Gasteiger partial charge in [-0.25, -0.2) is 0 Å². The average molecular weight is 430 g/mol. The molecule has 0 bridgehead atoms. The quantitative estimate of drug-likeness (QED) is 0.558. The van der Waals surface area contributed by atoms with Crippen molar-refractivity contribution >= 4 is 53.1 Å². The number of guanidine groups is 1. The Bertz CT molecular complexity index is 457. The first kappa shape index (κ1) is 17.8. The lowest BCUT2D eigenvalue weighted by molar-refractivity contribution is 0.125. The summed E-state index contributed by atoms with van der Waals surface area (Å²) in [5.74, 6) is 0.861. The lowest BCUT2D eigenvalue weighted by Crippen LogP contribution is -2.41. The van der Waals surface area contributed by atoms with Crippen molar-refractivity contribution in [1.29, 1.82) is 0 Å². The summed E-state index contributed by atoms with van der Waals surface area (Å²) in [6, 6.07) is 5.41. The summed E-state index contributed by atoms with van der Waals surface area (Å²) in [5.41, 5.74) is 0.944. The van der Waals surface area contributed by atoms with Crippen molar-refractivity contribution in [2.45, 2.75) is 13.0 Å². The molecule has 0 radical (unpaired) electrons. The number of nitrogens with zero attached hydrogens (tertiary/aromatic N) is 1. The van der Waals surface area contributed by atoms with Crippen LogP contribution in [0.3, 0.4) is 0 Å². The van der Waals surface area contributed by atoms with Gasteiger partial charge in [0.05, 0.1) is 13.2 Å². The van der Waals surface area contributed by atoms with Crippen LogP contribution >= 0.6 is 47.2 Å². The summed E-state index contributed by atoms with van der Waals surface area (Å²) in [4.78, 5) is 4.31. The van der Waals surface area contributed by atoms with Gasteiger partial charge < -0.3 is 15.4 Å². The van der Waals surface area contributed by atoms with E-state index in [2.05, 4.69) is 15.6 Å². The maximum atomic E-state index is 6.05. The number of rotatable bonds is 5. The molecular weight excluding hydrogens is 412 g/mol. The number of nitrogens with one attached hydrogen (secondary N) is 2. The molecule has 4 nitrogen and oxygen atoms in total. The van der Waals surface area contributed by atoms with Crippen molar-refractivity contribution < 1.29 is 4.74 Å². The molecule has 0 aromatic heterocycles. The van der Waals surface area contributed by atoms with E-state index < -0.39 is 0 Å². The Balaban J connectivity index is 0.00000200. The topological polar surface area (TPSA) is 45.6 Å². The van der Waals surface area contributed by atoms with Gasteiger partial charge in [-0.3, -0.25) is 4.99 Å². The maximum Gasteiger partial charge on any atom is 0.191 e. The zero-order chi connectivity index (χ0) is 13.5. The van der Waals surface area contributed by atoms with E-state index in [-0.39, 0.29) is 24.0 Å². The van der Waals surface area contributed by atoms with Crippen LogP contribution in [0.2, 0.25) is 10.0 Å². The van der Waals surface area contributed by atoms with Crippen LogP contribution in [0.1, 0.15) is 12.0 Å². The van der Waals surface area contributed by atoms with Gasteiger partial charge in [0.2, 0.25) is 0 Å². The molecular formula is C13H18Cl2IN3O. The van der Waals surface area contributed by atoms with Crippen molar-refractivity contribution in [2.24, 2.45) is 4.99 Å². The van der Waals surface area contributed by atoms with E-state index in [9.17, 15) is 0 Å². The van der Waals surface area contributed by atoms with Crippen molar-refractivity contribution in [2.75, 3.05) is 26.2 Å². The SMILES string of the molecule is Clc1ccc(COCCNC2=NCCCN2)c(Cl)c1.I. The van der Waals surface area contributed by atoms with Crippen LogP contribution in [0, 0.1) is 0 Å². The van der Waals surface area contributed by atoms with E-state index in [0.717, 1.165) is 37.6 Å². The third-order valence-electron chi connectivity index (χ3n) is 2.71. The highest BCUT2D eigenvalue weighted by Crippen LogP contribution is 2.21. The number of aliphatic imine (C=N–C) groups is 1. The Morgan fingerprint density at radius 3 is 2.90 bits per heavy atom. The molecule has 2 rings (SSSR count). The fraction of sp³-hybridized carbons (Fsp3) is 0.462. The zero-order valence-electron chi connectivity index (χ0n) is 11.0. The molecule has 20 heavy (non-hydrogen) atoms. The van der Waals surface area contributed by atoms with Crippen molar-refractivity contribution in [3.63, 3.8) is 0 Å². The molecule has 0 atom stereocenters. The average Bonchev–Trinajstić information content (AvgIpc) is 2.42. The molecule has 1 aromatic rings. The molecule has 0 saturated carbocycles. The van der Waals surface area contributed by atoms with Gasteiger partial charge in [0, 0.05) is 29.7 Å². The first-order chi connectivity index (χ1) is 9.25. The minimum atomic E-state index is 0. The van der Waals surface area contributed by atoms with E-state index in [1.165, 1.54) is 0 Å². The van der Waals surface area contributed by atoms with Crippen molar-refractivity contribution in [3.05, 3.63) is 33.8 Å². The third-order valence-corrected chi connectivity index (χ3v) is 3.30. The molecule has 0 unspecified atom stereocenters. The number of ether oxygens (including phenoxy) is 1. The zero-order valence-corrected chi connectivity index (χ0v) is 14.8. The minimum Gasteiger partial charge on any atom is -0.375 e. The van der Waals surface area contributed by atoms with Gasteiger partial charge in [0.25, 0.3) is 0 Å². The maximum absolute atomic E-state index is 6.05. The summed E-state index contributed by atoms with van der Waals surface area (Å²) >= 11 is 11.9. The molecule has 1 aliphatic heterocycles. The van der Waals surface area contributed by atoms with E-state index in [4.69, 9.17) is 27.9 Å². The number of hydrogen-bond donors (Lipinski definition) is 2. The second-order valence-corrected chi connectivity index (χ2v) is 5.07. The summed E-state index contributed by atoms with van der Waals surface area (Å²) in [5, 5.41) is 7.66. The number of hydrogen-bond acceptors (Lipinski definition) is 4. The summed E-state index contributed by atoms with van der Waals surface area (Å²) in [6.45, 7) is 3.66. The van der Waals surface area contributed by atoms with Gasteiger partial charge in [0.15, 0.2) is 5.96 Å². The van der Waals surface area contributed by atoms with Gasteiger partial charge >= 0.3 is 0 Å². The minimum absolute atomic E-state index is 0. The lowest BCUT2D eigenvalue weighted by Gasteiger charge is -2.16. The van der Waals surface area contributed by atoms with Crippen molar-refractivity contribution in [1.82, 2.24) is 10.6 Å². The standard InChI is InChI=1S/C13H17Cl2N3O.HI/c14-11-3-2-10(12(15)8-11)9-19-7-6-18-13-16-4-1-5-17-13;/h2-3,8H,1,4-7,9H2,(H2,16,17,18);1H. The molecule has 2 N–H and O–H groups in total. The largest absolute Gasteiger partial charge is 0.375 e. The molecule has 1 aromatic carbocycles. The van der Waals surface area contributed by atoms with Gasteiger partial charge in [-0.1, -0.05) is 29.3 Å². The van der Waals surface area contributed by atoms with Gasteiger partial charge in [0.1, 0.15) is 0 Å². The summed E-state index contributed by atoms with van der Waals surface area (Å²) < 4.78 is 5.56. The van der Waals surface area contributed by atoms with Crippen LogP contribution in [0.15, 0.2) is 23.2 Å². The van der Waals surface area contributed by atoms with Crippen LogP contribution in [0.25, 0.3) is 0 Å². The predicted molar refractivity (Wildman–Crippen MR) is 94.5 cm³/mol. The van der Waals surface area contributed by atoms with E-state index in [1.54, 1.807) is 6.07 Å². The smallest absolute Gasteiger partial charge is 0.191 e. The first-order valence-electron chi connectivity index (χ1n) is 6.29. The third kappa shape index (κ3) is 6.03. The number of benzene rings is 1. The highest BCUT2D eigenvalue weighted by Gasteiger charge is 2.03. The van der Waals surface area contributed by atoms with Crippen LogP contribution in [-0.4, -0.2) is 32.2 Å². The normalized spacial score (nSPS) is 14.0. The van der Waals surface area contributed by atoms with Gasteiger partial charge in [-0.2, -0.15) is 0 Å². The molecule has 1 heterocycles. The van der Waals surface area contributed by atoms with E-state index in [1.807, 2.05) is 12.1 Å². The van der Waals surface area contributed by atoms with Crippen LogP contribution in [-0.2, 0) is 11.3 Å². The molecule has 0 fully saturated rings. The lowest BCUT2D eigenvalue weighted by atomic mass is 10.2. The predicted octanol–water partition coefficient (Wildman–Crippen LogP) is 3.07. The molecule has 1 aliphatic rings. The van der Waals surface area contributed by atoms with Gasteiger partial charge in [-0.15, -0.1) is 24.0 Å². The second kappa shape index (κ2) is 9.65.